The number of aromatic nitrogens is 2. The van der Waals surface area contributed by atoms with E-state index in [1.54, 1.807) is 0 Å². The molecule has 238 valence electrons. The molecule has 0 aliphatic carbocycles. The molecule has 0 radical (unpaired) electrons. The van der Waals surface area contributed by atoms with Crippen LogP contribution in [0.3, 0.4) is 0 Å². The fraction of sp³-hybridized carbons (Fsp3) is 0. The van der Waals surface area contributed by atoms with Crippen molar-refractivity contribution in [2.45, 2.75) is 0 Å². The number of furan rings is 1. The molecule has 0 saturated heterocycles. The van der Waals surface area contributed by atoms with E-state index in [1.807, 2.05) is 12.1 Å². The smallest absolute Gasteiger partial charge is 0.136 e. The molecule has 0 spiro atoms. The Morgan fingerprint density at radius 3 is 1.75 bits per heavy atom. The molecule has 0 N–H and O–H groups in total. The second-order valence-electron chi connectivity index (χ2n) is 13.3. The summed E-state index contributed by atoms with van der Waals surface area (Å²) in [5, 5.41) is 7.29. The Kier molecular flexibility index (Phi) is 5.96. The minimum absolute atomic E-state index is 0.908. The van der Waals surface area contributed by atoms with Crippen molar-refractivity contribution >= 4 is 65.6 Å². The normalized spacial score (nSPS) is 11.9. The van der Waals surface area contributed by atoms with Crippen LogP contribution in [-0.2, 0) is 0 Å². The number of benzene rings is 8. The van der Waals surface area contributed by atoms with E-state index in [-0.39, 0.29) is 0 Å². The highest BCUT2D eigenvalue weighted by Gasteiger charge is 2.17. The van der Waals surface area contributed by atoms with Gasteiger partial charge in [-0.05, 0) is 89.0 Å². The molecular weight excluding hydrogens is 621 g/mol. The van der Waals surface area contributed by atoms with Gasteiger partial charge in [0.15, 0.2) is 0 Å². The first kappa shape index (κ1) is 28.0. The first-order valence-electron chi connectivity index (χ1n) is 17.4. The van der Waals surface area contributed by atoms with Crippen molar-refractivity contribution in [1.82, 2.24) is 9.13 Å². The maximum absolute atomic E-state index is 6.24. The van der Waals surface area contributed by atoms with Gasteiger partial charge in [-0.2, -0.15) is 0 Å². The summed E-state index contributed by atoms with van der Waals surface area (Å²) in [6.45, 7) is 0. The minimum Gasteiger partial charge on any atom is -0.456 e. The molecular formula is C48H30N2O. The summed E-state index contributed by atoms with van der Waals surface area (Å²) in [6, 6.07) is 65.5. The topological polar surface area (TPSA) is 23.0 Å². The first-order chi connectivity index (χ1) is 25.3. The number of fused-ring (bicyclic) bond motifs is 9. The Labute approximate surface area is 293 Å². The second kappa shape index (κ2) is 10.8. The Bertz CT molecular complexity index is 3140. The molecule has 11 rings (SSSR count). The van der Waals surface area contributed by atoms with Crippen LogP contribution < -0.4 is 0 Å². The highest BCUT2D eigenvalue weighted by molar-refractivity contribution is 6.14. The average Bonchev–Trinajstić information content (AvgIpc) is 3.85. The standard InChI is InChI=1S/C48H30N2O/c1-2-13-34(14-3-1)49-42-20-7-4-16-37(42)39-26-24-32(30-45(39)49)31-25-27-44-41(29-31)38-17-5-8-21-43(38)50(44)35-15-10-12-33(28-35)36-19-11-23-47-48(36)40-18-6-9-22-46(40)51-47/h1-30H. The van der Waals surface area contributed by atoms with E-state index in [0.29, 0.717) is 0 Å². The molecule has 0 amide bonds. The van der Waals surface area contributed by atoms with Crippen LogP contribution >= 0.6 is 0 Å². The molecule has 0 atom stereocenters. The summed E-state index contributed by atoms with van der Waals surface area (Å²) < 4.78 is 11.0. The number of nitrogens with zero attached hydrogens (tertiary/aromatic N) is 2. The fourth-order valence-corrected chi connectivity index (χ4v) is 8.26. The van der Waals surface area contributed by atoms with Crippen molar-refractivity contribution in [3.05, 3.63) is 182 Å². The summed E-state index contributed by atoms with van der Waals surface area (Å²) in [4.78, 5) is 0. The molecule has 0 aliphatic rings. The van der Waals surface area contributed by atoms with Gasteiger partial charge in [0.05, 0.1) is 22.1 Å². The third-order valence-corrected chi connectivity index (χ3v) is 10.5. The number of para-hydroxylation sites is 4. The van der Waals surface area contributed by atoms with Crippen molar-refractivity contribution in [3.63, 3.8) is 0 Å². The summed E-state index contributed by atoms with van der Waals surface area (Å²) in [5.74, 6) is 0. The van der Waals surface area contributed by atoms with Gasteiger partial charge in [0.1, 0.15) is 11.2 Å². The maximum Gasteiger partial charge on any atom is 0.136 e. The third-order valence-electron chi connectivity index (χ3n) is 10.5. The zero-order valence-corrected chi connectivity index (χ0v) is 27.6. The minimum atomic E-state index is 0.908. The molecule has 3 aromatic heterocycles. The Hall–Kier alpha value is -6.84. The largest absolute Gasteiger partial charge is 0.456 e. The lowest BCUT2D eigenvalue weighted by atomic mass is 9.99. The lowest BCUT2D eigenvalue weighted by Crippen LogP contribution is -1.94. The van der Waals surface area contributed by atoms with Crippen LogP contribution in [0.1, 0.15) is 0 Å². The third kappa shape index (κ3) is 4.19. The Morgan fingerprint density at radius 1 is 0.314 bits per heavy atom. The van der Waals surface area contributed by atoms with E-state index >= 15 is 0 Å². The van der Waals surface area contributed by atoms with Crippen LogP contribution in [0.5, 0.6) is 0 Å². The molecule has 8 aromatic carbocycles. The number of hydrogen-bond acceptors (Lipinski definition) is 1. The molecule has 3 heterocycles. The molecule has 0 aliphatic heterocycles. The van der Waals surface area contributed by atoms with Gasteiger partial charge in [-0.3, -0.25) is 0 Å². The van der Waals surface area contributed by atoms with Gasteiger partial charge in [-0.25, -0.2) is 0 Å². The fourth-order valence-electron chi connectivity index (χ4n) is 8.26. The lowest BCUT2D eigenvalue weighted by molar-refractivity contribution is 0.669. The van der Waals surface area contributed by atoms with Gasteiger partial charge in [0, 0.05) is 43.7 Å². The van der Waals surface area contributed by atoms with E-state index in [0.717, 1.165) is 33.2 Å². The van der Waals surface area contributed by atoms with Crippen LogP contribution in [-0.4, -0.2) is 9.13 Å². The molecule has 3 heteroatoms. The number of hydrogen-bond donors (Lipinski definition) is 0. The number of rotatable bonds is 4. The van der Waals surface area contributed by atoms with Crippen molar-refractivity contribution in [2.24, 2.45) is 0 Å². The Balaban J connectivity index is 1.09. The first-order valence-corrected chi connectivity index (χ1v) is 17.4. The van der Waals surface area contributed by atoms with Gasteiger partial charge >= 0.3 is 0 Å². The van der Waals surface area contributed by atoms with Crippen LogP contribution in [0.2, 0.25) is 0 Å². The summed E-state index contributed by atoms with van der Waals surface area (Å²) in [6.07, 6.45) is 0. The van der Waals surface area contributed by atoms with Crippen molar-refractivity contribution in [3.8, 4) is 33.6 Å². The molecule has 0 unspecified atom stereocenters. The van der Waals surface area contributed by atoms with Crippen molar-refractivity contribution < 1.29 is 4.42 Å². The SMILES string of the molecule is c1ccc(-n2c3ccccc3c3ccc(-c4ccc5c(c4)c4ccccc4n5-c4cccc(-c5cccc6oc7ccccc7c56)c4)cc32)cc1. The van der Waals surface area contributed by atoms with Crippen LogP contribution in [0.25, 0.3) is 99.2 Å². The highest BCUT2D eigenvalue weighted by atomic mass is 16.3. The summed E-state index contributed by atoms with van der Waals surface area (Å²) in [7, 11) is 0. The van der Waals surface area contributed by atoms with Gasteiger partial charge in [0.2, 0.25) is 0 Å². The summed E-state index contributed by atoms with van der Waals surface area (Å²) in [5.41, 5.74) is 13.6. The quantitative estimate of drug-likeness (QED) is 0.186. The monoisotopic (exact) mass is 650 g/mol. The van der Waals surface area contributed by atoms with Crippen molar-refractivity contribution in [2.75, 3.05) is 0 Å². The molecule has 0 fully saturated rings. The average molecular weight is 651 g/mol. The molecule has 0 saturated carbocycles. The Morgan fingerprint density at radius 2 is 0.902 bits per heavy atom. The maximum atomic E-state index is 6.24. The van der Waals surface area contributed by atoms with Crippen molar-refractivity contribution in [1.29, 1.82) is 0 Å². The van der Waals surface area contributed by atoms with E-state index in [4.69, 9.17) is 4.42 Å². The van der Waals surface area contributed by atoms with Gasteiger partial charge < -0.3 is 13.6 Å². The molecule has 0 bridgehead atoms. The summed E-state index contributed by atoms with van der Waals surface area (Å²) >= 11 is 0. The van der Waals surface area contributed by atoms with E-state index in [2.05, 4.69) is 179 Å². The van der Waals surface area contributed by atoms with E-state index < -0.39 is 0 Å². The second-order valence-corrected chi connectivity index (χ2v) is 13.3. The highest BCUT2D eigenvalue weighted by Crippen LogP contribution is 2.40. The van der Waals surface area contributed by atoms with Crippen LogP contribution in [0, 0.1) is 0 Å². The van der Waals surface area contributed by atoms with Gasteiger partial charge in [-0.15, -0.1) is 0 Å². The van der Waals surface area contributed by atoms with E-state index in [9.17, 15) is 0 Å². The predicted octanol–water partition coefficient (Wildman–Crippen LogP) is 13.1. The van der Waals surface area contributed by atoms with Crippen LogP contribution in [0.15, 0.2) is 186 Å². The zero-order valence-electron chi connectivity index (χ0n) is 27.6. The molecule has 3 nitrogen and oxygen atoms in total. The lowest BCUT2D eigenvalue weighted by Gasteiger charge is -2.12. The molecule has 51 heavy (non-hydrogen) atoms. The zero-order chi connectivity index (χ0) is 33.5. The van der Waals surface area contributed by atoms with Gasteiger partial charge in [-0.1, -0.05) is 115 Å². The predicted molar refractivity (Wildman–Crippen MR) is 213 cm³/mol. The van der Waals surface area contributed by atoms with Gasteiger partial charge in [0.25, 0.3) is 0 Å². The molecule has 11 aromatic rings. The van der Waals surface area contributed by atoms with Crippen LogP contribution in [0.4, 0.5) is 0 Å². The van der Waals surface area contributed by atoms with E-state index in [1.165, 1.54) is 66.0 Å².